The van der Waals surface area contributed by atoms with Crippen LogP contribution in [0.2, 0.25) is 0 Å². The Kier molecular flexibility index (Phi) is 3.53. The largest absolute Gasteiger partial charge is 0.327 e. The van der Waals surface area contributed by atoms with E-state index >= 15 is 0 Å². The fraction of sp³-hybridized carbons (Fsp3) is 0.500. The minimum absolute atomic E-state index is 0.253. The van der Waals surface area contributed by atoms with Gasteiger partial charge in [-0.25, -0.2) is 4.79 Å². The van der Waals surface area contributed by atoms with Crippen LogP contribution in [0.1, 0.15) is 13.8 Å². The number of allylic oxidation sites excluding steroid dienone is 1. The second-order valence-corrected chi connectivity index (χ2v) is 5.54. The van der Waals surface area contributed by atoms with Crippen molar-refractivity contribution in [1.82, 2.24) is 10.6 Å². The maximum Gasteiger partial charge on any atom is 0.319 e. The second-order valence-electron chi connectivity index (χ2n) is 3.17. The van der Waals surface area contributed by atoms with Crippen LogP contribution in [0.5, 0.6) is 0 Å². The van der Waals surface area contributed by atoms with Crippen molar-refractivity contribution in [3.8, 4) is 0 Å². The third-order valence-corrected chi connectivity index (χ3v) is 2.63. The zero-order valence-corrected chi connectivity index (χ0v) is 10.3. The van der Waals surface area contributed by atoms with Crippen molar-refractivity contribution in [2.24, 2.45) is 0 Å². The number of Topliss-reactive ketones (excluding diaryl/α,β-unsaturated/α-hetero) is 1. The molecule has 4 nitrogen and oxygen atoms in total. The first-order valence-corrected chi connectivity index (χ1v) is 5.23. The molecule has 1 rings (SSSR count). The Balaban J connectivity index is 3.19. The third kappa shape index (κ3) is 2.77. The number of carbonyl (C=O) groups is 2. The zero-order valence-electron chi connectivity index (χ0n) is 8.03. The summed E-state index contributed by atoms with van der Waals surface area (Å²) in [6, 6.07) is -1.41. The molecule has 7 heteroatoms. The van der Waals surface area contributed by atoms with E-state index in [2.05, 4.69) is 10.6 Å². The maximum atomic E-state index is 11.3. The van der Waals surface area contributed by atoms with Crippen molar-refractivity contribution in [1.29, 1.82) is 0 Å². The Morgan fingerprint density at radius 1 is 1.40 bits per heavy atom. The summed E-state index contributed by atoms with van der Waals surface area (Å²) in [4.78, 5) is 22.5. The van der Waals surface area contributed by atoms with Gasteiger partial charge in [0, 0.05) is 11.3 Å². The lowest BCUT2D eigenvalue weighted by Crippen LogP contribution is -2.54. The molecule has 2 N–H and O–H groups in total. The summed E-state index contributed by atoms with van der Waals surface area (Å²) in [5.41, 5.74) is 0.678. The van der Waals surface area contributed by atoms with Gasteiger partial charge in [0.1, 0.15) is 6.04 Å². The van der Waals surface area contributed by atoms with E-state index in [1.165, 1.54) is 6.92 Å². The van der Waals surface area contributed by atoms with Gasteiger partial charge >= 0.3 is 6.03 Å². The van der Waals surface area contributed by atoms with Crippen LogP contribution in [0, 0.1) is 0 Å². The van der Waals surface area contributed by atoms with Crippen LogP contribution < -0.4 is 10.6 Å². The smallest absolute Gasteiger partial charge is 0.319 e. The van der Waals surface area contributed by atoms with Crippen LogP contribution in [0.15, 0.2) is 11.3 Å². The van der Waals surface area contributed by atoms with Gasteiger partial charge in [0.05, 0.1) is 0 Å². The average molecular weight is 272 g/mol. The summed E-state index contributed by atoms with van der Waals surface area (Å²) in [6.45, 7) is 2.93. The number of amides is 2. The molecule has 0 radical (unpaired) electrons. The monoisotopic (exact) mass is 270 g/mol. The Bertz CT molecular complexity index is 346. The quantitative estimate of drug-likeness (QED) is 0.716. The van der Waals surface area contributed by atoms with Gasteiger partial charge in [-0.15, -0.1) is 0 Å². The topological polar surface area (TPSA) is 58.2 Å². The highest BCUT2D eigenvalue weighted by molar-refractivity contribution is 6.68. The lowest BCUT2D eigenvalue weighted by atomic mass is 10.0. The van der Waals surface area contributed by atoms with Gasteiger partial charge in [-0.2, -0.15) is 0 Å². The SMILES string of the molecule is CC(=O)C1=C(C)NC(=O)NC1C(Cl)(Cl)Cl. The van der Waals surface area contributed by atoms with E-state index in [4.69, 9.17) is 34.8 Å². The summed E-state index contributed by atoms with van der Waals surface area (Å²) in [5.74, 6) is -0.253. The van der Waals surface area contributed by atoms with Gasteiger partial charge in [0.25, 0.3) is 0 Å². The van der Waals surface area contributed by atoms with Crippen molar-refractivity contribution in [3.63, 3.8) is 0 Å². The van der Waals surface area contributed by atoms with Gasteiger partial charge in [-0.05, 0) is 13.8 Å². The van der Waals surface area contributed by atoms with Crippen LogP contribution >= 0.6 is 34.8 Å². The number of hydrogen-bond acceptors (Lipinski definition) is 2. The van der Waals surface area contributed by atoms with E-state index in [0.717, 1.165) is 0 Å². The number of alkyl halides is 3. The summed E-state index contributed by atoms with van der Waals surface area (Å²) < 4.78 is -1.75. The van der Waals surface area contributed by atoms with E-state index in [-0.39, 0.29) is 11.4 Å². The zero-order chi connectivity index (χ0) is 11.8. The molecule has 1 atom stereocenters. The Hall–Kier alpha value is -0.450. The molecule has 0 bridgehead atoms. The van der Waals surface area contributed by atoms with Gasteiger partial charge in [-0.3, -0.25) is 4.79 Å². The van der Waals surface area contributed by atoms with Crippen molar-refractivity contribution >= 4 is 46.6 Å². The molecule has 1 aliphatic heterocycles. The van der Waals surface area contributed by atoms with Gasteiger partial charge < -0.3 is 10.6 Å². The molecule has 0 saturated heterocycles. The lowest BCUT2D eigenvalue weighted by Gasteiger charge is -2.32. The molecule has 0 aliphatic carbocycles. The normalized spacial score (nSPS) is 22.2. The fourth-order valence-corrected chi connectivity index (χ4v) is 1.90. The van der Waals surface area contributed by atoms with E-state index in [1.54, 1.807) is 6.92 Å². The fourth-order valence-electron chi connectivity index (χ4n) is 1.41. The molecule has 1 unspecified atom stereocenters. The van der Waals surface area contributed by atoms with E-state index in [0.29, 0.717) is 5.70 Å². The molecular weight excluding hydrogens is 262 g/mol. The summed E-state index contributed by atoms with van der Waals surface area (Å²) >= 11 is 17.1. The number of nitrogens with one attached hydrogen (secondary N) is 2. The first-order chi connectivity index (χ1) is 6.73. The lowest BCUT2D eigenvalue weighted by molar-refractivity contribution is -0.114. The molecule has 15 heavy (non-hydrogen) atoms. The first kappa shape index (κ1) is 12.6. The number of hydrogen-bond donors (Lipinski definition) is 2. The average Bonchev–Trinajstić information content (AvgIpc) is 1.99. The number of halogens is 3. The molecular formula is C8H9Cl3N2O2. The van der Waals surface area contributed by atoms with Crippen LogP contribution in [0.3, 0.4) is 0 Å². The summed E-state index contributed by atoms with van der Waals surface area (Å²) in [7, 11) is 0. The van der Waals surface area contributed by atoms with Crippen molar-refractivity contribution in [2.45, 2.75) is 23.7 Å². The molecule has 84 valence electrons. The number of ketones is 1. The van der Waals surface area contributed by atoms with E-state index in [9.17, 15) is 9.59 Å². The van der Waals surface area contributed by atoms with E-state index < -0.39 is 15.9 Å². The van der Waals surface area contributed by atoms with Crippen LogP contribution in [0.25, 0.3) is 0 Å². The molecule has 0 fully saturated rings. The highest BCUT2D eigenvalue weighted by Gasteiger charge is 2.41. The van der Waals surface area contributed by atoms with Crippen molar-refractivity contribution in [3.05, 3.63) is 11.3 Å². The van der Waals surface area contributed by atoms with Crippen molar-refractivity contribution < 1.29 is 9.59 Å². The number of rotatable bonds is 1. The van der Waals surface area contributed by atoms with Crippen molar-refractivity contribution in [2.75, 3.05) is 0 Å². The van der Waals surface area contributed by atoms with Gasteiger partial charge in [-0.1, -0.05) is 34.8 Å². The molecule has 0 aromatic carbocycles. The highest BCUT2D eigenvalue weighted by Crippen LogP contribution is 2.35. The predicted molar refractivity (Wildman–Crippen MR) is 59.1 cm³/mol. The number of urea groups is 1. The highest BCUT2D eigenvalue weighted by atomic mass is 35.6. The molecule has 0 spiro atoms. The standard InChI is InChI=1S/C8H9Cl3N2O2/c1-3-5(4(2)14)6(8(9,10)11)13-7(15)12-3/h6H,1-2H3,(H2,12,13,15). The Morgan fingerprint density at radius 2 is 1.93 bits per heavy atom. The van der Waals surface area contributed by atoms with Crippen LogP contribution in [-0.4, -0.2) is 21.6 Å². The first-order valence-electron chi connectivity index (χ1n) is 4.09. The Labute approximate surface area is 102 Å². The molecule has 0 aromatic rings. The second kappa shape index (κ2) is 4.20. The number of carbonyl (C=O) groups excluding carboxylic acids is 2. The predicted octanol–water partition coefficient (Wildman–Crippen LogP) is 1.90. The maximum absolute atomic E-state index is 11.3. The molecule has 0 saturated carbocycles. The minimum atomic E-state index is -1.75. The van der Waals surface area contributed by atoms with Gasteiger partial charge in [0.15, 0.2) is 5.78 Å². The molecule has 1 aliphatic rings. The van der Waals surface area contributed by atoms with Gasteiger partial charge in [0.2, 0.25) is 3.79 Å². The van der Waals surface area contributed by atoms with E-state index in [1.807, 2.05) is 0 Å². The molecule has 2 amide bonds. The summed E-state index contributed by atoms with van der Waals surface area (Å²) in [6.07, 6.45) is 0. The van der Waals surface area contributed by atoms with Crippen LogP contribution in [0.4, 0.5) is 4.79 Å². The molecule has 1 heterocycles. The van der Waals surface area contributed by atoms with Crippen LogP contribution in [-0.2, 0) is 4.79 Å². The minimum Gasteiger partial charge on any atom is -0.327 e. The molecule has 0 aromatic heterocycles. The summed E-state index contributed by atoms with van der Waals surface area (Å²) in [5, 5.41) is 4.84. The third-order valence-electron chi connectivity index (χ3n) is 1.98. The Morgan fingerprint density at radius 3 is 2.33 bits per heavy atom.